The molecule has 2 nitrogen and oxygen atoms in total. The van der Waals surface area contributed by atoms with Gasteiger partial charge in [-0.1, -0.05) is 26.7 Å². The minimum absolute atomic E-state index is 0.446. The predicted molar refractivity (Wildman–Crippen MR) is 78.2 cm³/mol. The van der Waals surface area contributed by atoms with E-state index in [1.807, 2.05) is 0 Å². The molecule has 0 spiro atoms. The maximum Gasteiger partial charge on any atom is 0.00698 e. The van der Waals surface area contributed by atoms with Gasteiger partial charge in [-0.25, -0.2) is 0 Å². The van der Waals surface area contributed by atoms with Crippen molar-refractivity contribution in [2.75, 3.05) is 0 Å². The maximum atomic E-state index is 6.29. The van der Waals surface area contributed by atoms with Gasteiger partial charge in [-0.2, -0.15) is 0 Å². The standard InChI is InChI=1S/C16H32N2/c1-11(2)14-10-12(7-8-16(14)18)9-13-5-3-4-6-15(13)17/h11-16H,3-10,17-18H2,1-2H3. The molecule has 0 heterocycles. The third kappa shape index (κ3) is 3.48. The first-order valence-corrected chi connectivity index (χ1v) is 8.09. The van der Waals surface area contributed by atoms with Crippen LogP contribution in [-0.2, 0) is 0 Å². The second-order valence-electron chi connectivity index (χ2n) is 7.19. The van der Waals surface area contributed by atoms with Gasteiger partial charge in [0.1, 0.15) is 0 Å². The van der Waals surface area contributed by atoms with Gasteiger partial charge in [-0.05, 0) is 62.2 Å². The van der Waals surface area contributed by atoms with Crippen molar-refractivity contribution in [1.29, 1.82) is 0 Å². The van der Waals surface area contributed by atoms with E-state index < -0.39 is 0 Å². The molecule has 0 aromatic rings. The smallest absolute Gasteiger partial charge is 0.00698 e. The molecule has 5 atom stereocenters. The third-order valence-corrected chi connectivity index (χ3v) is 5.52. The summed E-state index contributed by atoms with van der Waals surface area (Å²) in [5.74, 6) is 3.17. The lowest BCUT2D eigenvalue weighted by Crippen LogP contribution is -2.41. The first kappa shape index (κ1) is 14.3. The van der Waals surface area contributed by atoms with Gasteiger partial charge in [0.2, 0.25) is 0 Å². The van der Waals surface area contributed by atoms with Gasteiger partial charge in [0.15, 0.2) is 0 Å². The van der Waals surface area contributed by atoms with Crippen molar-refractivity contribution in [3.8, 4) is 0 Å². The summed E-state index contributed by atoms with van der Waals surface area (Å²) in [5, 5.41) is 0. The van der Waals surface area contributed by atoms with E-state index in [9.17, 15) is 0 Å². The Morgan fingerprint density at radius 2 is 1.67 bits per heavy atom. The van der Waals surface area contributed by atoms with Crippen molar-refractivity contribution in [2.45, 2.75) is 77.3 Å². The molecule has 0 bridgehead atoms. The van der Waals surface area contributed by atoms with Crippen LogP contribution in [0.3, 0.4) is 0 Å². The Morgan fingerprint density at radius 3 is 2.33 bits per heavy atom. The van der Waals surface area contributed by atoms with Gasteiger partial charge in [0.05, 0.1) is 0 Å². The molecule has 2 aliphatic rings. The molecule has 0 aromatic heterocycles. The molecule has 5 unspecified atom stereocenters. The summed E-state index contributed by atoms with van der Waals surface area (Å²) in [6.45, 7) is 4.67. The Hall–Kier alpha value is -0.0800. The molecule has 0 saturated heterocycles. The van der Waals surface area contributed by atoms with Gasteiger partial charge in [-0.3, -0.25) is 0 Å². The minimum atomic E-state index is 0.446. The van der Waals surface area contributed by atoms with Crippen molar-refractivity contribution in [1.82, 2.24) is 0 Å². The van der Waals surface area contributed by atoms with Crippen molar-refractivity contribution >= 4 is 0 Å². The van der Waals surface area contributed by atoms with Crippen LogP contribution in [0.5, 0.6) is 0 Å². The molecular weight excluding hydrogens is 220 g/mol. The van der Waals surface area contributed by atoms with Crippen molar-refractivity contribution < 1.29 is 0 Å². The molecule has 2 heteroatoms. The fourth-order valence-electron chi connectivity index (χ4n) is 4.26. The van der Waals surface area contributed by atoms with Crippen LogP contribution >= 0.6 is 0 Å². The largest absolute Gasteiger partial charge is 0.327 e. The SMILES string of the molecule is CC(C)C1CC(CC2CCCCC2N)CCC1N. The summed E-state index contributed by atoms with van der Waals surface area (Å²) in [5.41, 5.74) is 12.6. The number of rotatable bonds is 3. The highest BCUT2D eigenvalue weighted by atomic mass is 14.7. The molecule has 2 saturated carbocycles. The Balaban J connectivity index is 1.86. The lowest BCUT2D eigenvalue weighted by molar-refractivity contribution is 0.147. The van der Waals surface area contributed by atoms with Gasteiger partial charge in [0.25, 0.3) is 0 Å². The zero-order valence-electron chi connectivity index (χ0n) is 12.3. The topological polar surface area (TPSA) is 52.0 Å². The van der Waals surface area contributed by atoms with E-state index in [0.717, 1.165) is 23.7 Å². The zero-order chi connectivity index (χ0) is 13.1. The third-order valence-electron chi connectivity index (χ3n) is 5.52. The first-order valence-electron chi connectivity index (χ1n) is 8.09. The van der Waals surface area contributed by atoms with Crippen LogP contribution in [0.1, 0.15) is 65.2 Å². The summed E-state index contributed by atoms with van der Waals surface area (Å²) in [7, 11) is 0. The fraction of sp³-hybridized carbons (Fsp3) is 1.00. The summed E-state index contributed by atoms with van der Waals surface area (Å²) >= 11 is 0. The Bertz CT molecular complexity index is 251. The van der Waals surface area contributed by atoms with Crippen LogP contribution in [0.25, 0.3) is 0 Å². The van der Waals surface area contributed by atoms with Crippen LogP contribution in [-0.4, -0.2) is 12.1 Å². The van der Waals surface area contributed by atoms with E-state index in [-0.39, 0.29) is 0 Å². The molecule has 18 heavy (non-hydrogen) atoms. The van der Waals surface area contributed by atoms with Crippen LogP contribution in [0.4, 0.5) is 0 Å². The average Bonchev–Trinajstić information content (AvgIpc) is 2.34. The van der Waals surface area contributed by atoms with E-state index in [1.54, 1.807) is 0 Å². The van der Waals surface area contributed by atoms with Gasteiger partial charge in [0, 0.05) is 12.1 Å². The zero-order valence-corrected chi connectivity index (χ0v) is 12.3. The van der Waals surface area contributed by atoms with Gasteiger partial charge >= 0.3 is 0 Å². The van der Waals surface area contributed by atoms with Crippen LogP contribution in [0.2, 0.25) is 0 Å². The van der Waals surface area contributed by atoms with Crippen LogP contribution in [0, 0.1) is 23.7 Å². The number of hydrogen-bond donors (Lipinski definition) is 2. The second-order valence-corrected chi connectivity index (χ2v) is 7.19. The lowest BCUT2D eigenvalue weighted by Gasteiger charge is -2.39. The van der Waals surface area contributed by atoms with E-state index >= 15 is 0 Å². The van der Waals surface area contributed by atoms with Crippen molar-refractivity contribution in [3.63, 3.8) is 0 Å². The Labute approximate surface area is 113 Å². The van der Waals surface area contributed by atoms with Gasteiger partial charge in [-0.15, -0.1) is 0 Å². The highest BCUT2D eigenvalue weighted by Gasteiger charge is 2.32. The Morgan fingerprint density at radius 1 is 0.944 bits per heavy atom. The molecule has 0 amide bonds. The van der Waals surface area contributed by atoms with Gasteiger partial charge < -0.3 is 11.5 Å². The summed E-state index contributed by atoms with van der Waals surface area (Å²) in [4.78, 5) is 0. The lowest BCUT2D eigenvalue weighted by atomic mass is 9.69. The summed E-state index contributed by atoms with van der Waals surface area (Å²) in [6.07, 6.45) is 10.7. The van der Waals surface area contributed by atoms with E-state index in [1.165, 1.54) is 51.4 Å². The number of nitrogens with two attached hydrogens (primary N) is 2. The summed E-state index contributed by atoms with van der Waals surface area (Å²) < 4.78 is 0. The highest BCUT2D eigenvalue weighted by Crippen LogP contribution is 2.38. The molecule has 0 aliphatic heterocycles. The number of hydrogen-bond acceptors (Lipinski definition) is 2. The van der Waals surface area contributed by atoms with E-state index in [2.05, 4.69) is 13.8 Å². The highest BCUT2D eigenvalue weighted by molar-refractivity contribution is 4.87. The molecule has 0 radical (unpaired) electrons. The fourth-order valence-corrected chi connectivity index (χ4v) is 4.26. The van der Waals surface area contributed by atoms with E-state index in [0.29, 0.717) is 12.1 Å². The molecule has 0 aromatic carbocycles. The summed E-state index contributed by atoms with van der Waals surface area (Å²) in [6, 6.07) is 0.924. The quantitative estimate of drug-likeness (QED) is 0.810. The average molecular weight is 252 g/mol. The molecule has 2 rings (SSSR count). The first-order chi connectivity index (χ1) is 8.58. The molecular formula is C16H32N2. The van der Waals surface area contributed by atoms with Crippen molar-refractivity contribution in [3.05, 3.63) is 0 Å². The van der Waals surface area contributed by atoms with Crippen LogP contribution in [0.15, 0.2) is 0 Å². The molecule has 106 valence electrons. The minimum Gasteiger partial charge on any atom is -0.327 e. The molecule has 2 fully saturated rings. The Kier molecular flexibility index (Phi) is 5.08. The normalized spacial score (nSPS) is 42.2. The van der Waals surface area contributed by atoms with Crippen molar-refractivity contribution in [2.24, 2.45) is 35.1 Å². The maximum absolute atomic E-state index is 6.29. The second kappa shape index (κ2) is 6.38. The van der Waals surface area contributed by atoms with Crippen LogP contribution < -0.4 is 11.5 Å². The predicted octanol–water partition coefficient (Wildman–Crippen LogP) is 3.29. The molecule has 2 aliphatic carbocycles. The molecule has 4 N–H and O–H groups in total. The monoisotopic (exact) mass is 252 g/mol. The van der Waals surface area contributed by atoms with E-state index in [4.69, 9.17) is 11.5 Å².